The van der Waals surface area contributed by atoms with Gasteiger partial charge >= 0.3 is 6.18 Å². The Bertz CT molecular complexity index is 1890. The number of alkyl halides is 3. The first-order chi connectivity index (χ1) is 24.5. The molecular formula is C35H45F3N5O8S+. The summed E-state index contributed by atoms with van der Waals surface area (Å²) in [5, 5.41) is 3.27. The number of carbonyl (C=O) groups is 3. The number of aryl methyl sites for hydroxylation is 1. The third-order valence-corrected chi connectivity index (χ3v) is 12.8. The first-order valence-electron chi connectivity index (χ1n) is 17.5. The number of rotatable bonds is 8. The van der Waals surface area contributed by atoms with Crippen LogP contribution in [-0.2, 0) is 24.4 Å². The number of nitrogens with one attached hydrogen (secondary N) is 2. The molecule has 52 heavy (non-hydrogen) atoms. The van der Waals surface area contributed by atoms with E-state index in [1.165, 1.54) is 18.1 Å². The molecule has 4 aliphatic rings. The molecule has 2 aliphatic heterocycles. The van der Waals surface area contributed by atoms with Crippen molar-refractivity contribution in [2.24, 2.45) is 5.92 Å². The Morgan fingerprint density at radius 3 is 2.62 bits per heavy atom. The van der Waals surface area contributed by atoms with Crippen LogP contribution in [0.4, 0.5) is 13.2 Å². The molecule has 0 spiro atoms. The number of amides is 3. The Morgan fingerprint density at radius 2 is 1.92 bits per heavy atom. The lowest BCUT2D eigenvalue weighted by molar-refractivity contribution is -0.407. The van der Waals surface area contributed by atoms with Crippen LogP contribution in [0, 0.1) is 12.8 Å². The highest BCUT2D eigenvalue weighted by atomic mass is 32.2. The SMILES string of the molecule is COc1ccc2c(O[C@@H]3C[C@H]4C(=O)N[C@]5(C(=O)NS(=O)(=O)C6(C)CC6)CC5/C=C\CCCCC[C@H]([NH3+])C(=O)N4C3)cc(OCC(F)(F)F)nc2c1C. The fourth-order valence-corrected chi connectivity index (χ4v) is 8.29. The van der Waals surface area contributed by atoms with Crippen molar-refractivity contribution < 1.29 is 55.9 Å². The minimum absolute atomic E-state index is 0.0312. The molecule has 0 radical (unpaired) electrons. The van der Waals surface area contributed by atoms with Crippen LogP contribution in [0.15, 0.2) is 30.4 Å². The number of ether oxygens (including phenoxy) is 3. The average Bonchev–Trinajstić information content (AvgIpc) is 3.96. The van der Waals surface area contributed by atoms with Gasteiger partial charge in [-0.2, -0.15) is 13.2 Å². The smallest absolute Gasteiger partial charge is 0.422 e. The molecule has 2 saturated carbocycles. The molecule has 17 heteroatoms. The Kier molecular flexibility index (Phi) is 10.1. The quantitative estimate of drug-likeness (QED) is 0.342. The topological polar surface area (TPSA) is 181 Å². The summed E-state index contributed by atoms with van der Waals surface area (Å²) < 4.78 is 83.3. The number of methoxy groups -OCH3 is 1. The third kappa shape index (κ3) is 7.65. The van der Waals surface area contributed by atoms with Crippen molar-refractivity contribution in [3.8, 4) is 17.4 Å². The van der Waals surface area contributed by atoms with Crippen molar-refractivity contribution in [1.29, 1.82) is 0 Å². The van der Waals surface area contributed by atoms with E-state index in [0.717, 1.165) is 25.7 Å². The fraction of sp³-hybridized carbons (Fsp3) is 0.600. The minimum atomic E-state index is -4.62. The summed E-state index contributed by atoms with van der Waals surface area (Å²) in [6, 6.07) is 2.76. The molecule has 284 valence electrons. The average molecular weight is 753 g/mol. The van der Waals surface area contributed by atoms with Gasteiger partial charge in [0.15, 0.2) is 12.6 Å². The zero-order valence-corrected chi connectivity index (χ0v) is 30.2. The van der Waals surface area contributed by atoms with Crippen molar-refractivity contribution in [3.63, 3.8) is 0 Å². The summed E-state index contributed by atoms with van der Waals surface area (Å²) in [5.74, 6) is -2.10. The maximum absolute atomic E-state index is 14.2. The third-order valence-electron chi connectivity index (χ3n) is 10.6. The molecule has 2 aromatic rings. The second-order valence-corrected chi connectivity index (χ2v) is 16.7. The van der Waals surface area contributed by atoms with Gasteiger partial charge in [0, 0.05) is 35.8 Å². The van der Waals surface area contributed by atoms with E-state index in [2.05, 4.69) is 20.8 Å². The Labute approximate surface area is 299 Å². The van der Waals surface area contributed by atoms with E-state index >= 15 is 0 Å². The van der Waals surface area contributed by atoms with Crippen LogP contribution in [0.25, 0.3) is 10.9 Å². The molecule has 5 N–H and O–H groups in total. The van der Waals surface area contributed by atoms with Gasteiger partial charge < -0.3 is 30.2 Å². The molecule has 6 rings (SSSR count). The fourth-order valence-electron chi connectivity index (χ4n) is 6.97. The number of benzene rings is 1. The number of sulfonamides is 1. The summed E-state index contributed by atoms with van der Waals surface area (Å²) in [4.78, 5) is 47.4. The van der Waals surface area contributed by atoms with E-state index < -0.39 is 69.0 Å². The molecule has 3 amide bonds. The highest BCUT2D eigenvalue weighted by molar-refractivity contribution is 7.91. The van der Waals surface area contributed by atoms with Crippen molar-refractivity contribution >= 4 is 38.6 Å². The van der Waals surface area contributed by atoms with Crippen LogP contribution < -0.4 is 30.0 Å². The number of hydrogen-bond donors (Lipinski definition) is 3. The summed E-state index contributed by atoms with van der Waals surface area (Å²) in [6.07, 6.45) is 2.93. The highest BCUT2D eigenvalue weighted by Gasteiger charge is 2.63. The second-order valence-electron chi connectivity index (χ2n) is 14.6. The second kappa shape index (κ2) is 14.0. The molecule has 2 aliphatic carbocycles. The van der Waals surface area contributed by atoms with E-state index in [1.807, 2.05) is 12.2 Å². The number of carbonyl (C=O) groups excluding carboxylic acids is 3. The summed E-state index contributed by atoms with van der Waals surface area (Å²) >= 11 is 0. The van der Waals surface area contributed by atoms with Crippen molar-refractivity contribution in [2.75, 3.05) is 20.3 Å². The molecule has 0 bridgehead atoms. The molecule has 1 unspecified atom stereocenters. The maximum atomic E-state index is 14.2. The molecule has 3 fully saturated rings. The van der Waals surface area contributed by atoms with Crippen LogP contribution in [0.2, 0.25) is 0 Å². The predicted molar refractivity (Wildman–Crippen MR) is 182 cm³/mol. The molecule has 1 saturated heterocycles. The molecule has 1 aromatic carbocycles. The molecule has 5 atom stereocenters. The van der Waals surface area contributed by atoms with Gasteiger partial charge in [0.05, 0.1) is 23.9 Å². The first kappa shape index (κ1) is 37.6. The molecule has 13 nitrogen and oxygen atoms in total. The lowest BCUT2D eigenvalue weighted by atomic mass is 10.1. The molecular weight excluding hydrogens is 707 g/mol. The minimum Gasteiger partial charge on any atom is -0.496 e. The Balaban J connectivity index is 1.31. The van der Waals surface area contributed by atoms with Gasteiger partial charge in [0.25, 0.3) is 11.8 Å². The van der Waals surface area contributed by atoms with E-state index in [0.29, 0.717) is 36.0 Å². The highest BCUT2D eigenvalue weighted by Crippen LogP contribution is 2.47. The zero-order chi connectivity index (χ0) is 37.6. The van der Waals surface area contributed by atoms with Gasteiger partial charge in [-0.1, -0.05) is 18.6 Å². The number of hydrogen-bond acceptors (Lipinski definition) is 9. The Hall–Kier alpha value is -4.12. The van der Waals surface area contributed by atoms with Gasteiger partial charge in [0.2, 0.25) is 21.8 Å². The molecule has 1 aromatic heterocycles. The van der Waals surface area contributed by atoms with Crippen molar-refractivity contribution in [2.45, 2.75) is 106 Å². The predicted octanol–water partition coefficient (Wildman–Crippen LogP) is 2.85. The first-order valence-corrected chi connectivity index (χ1v) is 19.0. The van der Waals surface area contributed by atoms with Crippen LogP contribution in [0.3, 0.4) is 0 Å². The number of allylic oxidation sites excluding steroid dienone is 1. The number of aromatic nitrogens is 1. The largest absolute Gasteiger partial charge is 0.496 e. The maximum Gasteiger partial charge on any atom is 0.422 e. The lowest BCUT2D eigenvalue weighted by Crippen LogP contribution is -2.69. The van der Waals surface area contributed by atoms with Crippen LogP contribution in [0.5, 0.6) is 17.4 Å². The lowest BCUT2D eigenvalue weighted by Gasteiger charge is -2.27. The van der Waals surface area contributed by atoms with E-state index in [-0.39, 0.29) is 42.4 Å². The van der Waals surface area contributed by atoms with Crippen LogP contribution >= 0.6 is 0 Å². The van der Waals surface area contributed by atoms with Crippen LogP contribution in [-0.4, -0.2) is 90.9 Å². The number of nitrogens with zero attached hydrogens (tertiary/aromatic N) is 2. The normalized spacial score (nSPS) is 28.4. The van der Waals surface area contributed by atoms with Crippen molar-refractivity contribution in [3.05, 3.63) is 35.9 Å². The van der Waals surface area contributed by atoms with E-state index in [9.17, 15) is 36.0 Å². The zero-order valence-electron chi connectivity index (χ0n) is 29.4. The number of pyridine rings is 1. The van der Waals surface area contributed by atoms with Crippen LogP contribution in [0.1, 0.15) is 70.3 Å². The van der Waals surface area contributed by atoms with Gasteiger partial charge in [-0.25, -0.2) is 13.4 Å². The van der Waals surface area contributed by atoms with Gasteiger partial charge in [-0.3, -0.25) is 19.1 Å². The molecule has 3 heterocycles. The summed E-state index contributed by atoms with van der Waals surface area (Å²) in [6.45, 7) is 1.61. The van der Waals surface area contributed by atoms with E-state index in [4.69, 9.17) is 14.2 Å². The van der Waals surface area contributed by atoms with Gasteiger partial charge in [-0.05, 0) is 64.5 Å². The number of halogens is 3. The Morgan fingerprint density at radius 1 is 1.17 bits per heavy atom. The van der Waals surface area contributed by atoms with Gasteiger partial charge in [-0.15, -0.1) is 0 Å². The summed E-state index contributed by atoms with van der Waals surface area (Å²) in [7, 11) is -2.55. The van der Waals surface area contributed by atoms with Crippen molar-refractivity contribution in [1.82, 2.24) is 19.9 Å². The standard InChI is InChI=1S/C35H44F3N5O8S/c1-20-26(49-3)12-11-23-27(16-28(40-29(20)23)50-19-35(36,37)38)51-22-15-25-30(44)41-34(32(46)42-52(47,48)33(2)13-14-33)17-21(34)9-7-5-4-6-8-10-24(39)31(45)43(25)18-22/h7,9,11-12,16,21-22,24-25H,4-6,8,10,13-15,17-19,39H2,1-3H3,(H,41,44)(H,42,46)/p+1/b9-7-/t21?,22-,24+,25+,34-/m1/s1. The monoisotopic (exact) mass is 752 g/mol. The summed E-state index contributed by atoms with van der Waals surface area (Å²) in [5.41, 5.74) is 3.36. The number of fused-ring (bicyclic) bond motifs is 3. The number of quaternary nitrogens is 1. The van der Waals surface area contributed by atoms with E-state index in [1.54, 1.807) is 26.0 Å². The van der Waals surface area contributed by atoms with Gasteiger partial charge in [0.1, 0.15) is 29.2 Å².